The highest BCUT2D eigenvalue weighted by atomic mass is 16.2. The predicted molar refractivity (Wildman–Crippen MR) is 81.0 cm³/mol. The van der Waals surface area contributed by atoms with Crippen LogP contribution in [-0.2, 0) is 0 Å². The van der Waals surface area contributed by atoms with Crippen molar-refractivity contribution >= 4 is 11.6 Å². The molecule has 0 saturated carbocycles. The van der Waals surface area contributed by atoms with Crippen LogP contribution in [0.1, 0.15) is 30.6 Å². The Labute approximate surface area is 121 Å². The minimum atomic E-state index is 0.103. The number of likely N-dealkylation sites (N-methyl/N-ethyl adjacent to an activating group) is 1. The Hall–Kier alpha value is -1.62. The lowest BCUT2D eigenvalue weighted by Gasteiger charge is -2.38. The van der Waals surface area contributed by atoms with E-state index < -0.39 is 0 Å². The van der Waals surface area contributed by atoms with Crippen molar-refractivity contribution in [1.29, 1.82) is 0 Å². The largest absolute Gasteiger partial charge is 0.383 e. The van der Waals surface area contributed by atoms with Gasteiger partial charge in [0.05, 0.1) is 17.4 Å². The number of nitrogens with zero attached hydrogens (tertiary/aromatic N) is 3. The van der Waals surface area contributed by atoms with Crippen molar-refractivity contribution in [3.63, 3.8) is 0 Å². The Morgan fingerprint density at radius 3 is 3.00 bits per heavy atom. The van der Waals surface area contributed by atoms with E-state index in [2.05, 4.69) is 36.1 Å². The molecule has 1 N–H and O–H groups in total. The topological polar surface area (TPSA) is 48.5 Å². The van der Waals surface area contributed by atoms with Gasteiger partial charge < -0.3 is 15.1 Å². The first kappa shape index (κ1) is 14.8. The van der Waals surface area contributed by atoms with E-state index >= 15 is 0 Å². The van der Waals surface area contributed by atoms with Gasteiger partial charge >= 0.3 is 0 Å². The molecule has 0 radical (unpaired) electrons. The number of rotatable bonds is 4. The zero-order valence-corrected chi connectivity index (χ0v) is 12.6. The van der Waals surface area contributed by atoms with E-state index in [0.717, 1.165) is 43.9 Å². The van der Waals surface area contributed by atoms with E-state index in [9.17, 15) is 4.79 Å². The molecule has 1 atom stereocenters. The number of amides is 1. The first-order chi connectivity index (χ1) is 9.63. The molecule has 5 heteroatoms. The molecule has 1 amide bonds. The van der Waals surface area contributed by atoms with Crippen LogP contribution < -0.4 is 5.32 Å². The third kappa shape index (κ3) is 3.28. The monoisotopic (exact) mass is 276 g/mol. The maximum atomic E-state index is 12.7. The number of hydrogen-bond donors (Lipinski definition) is 1. The summed E-state index contributed by atoms with van der Waals surface area (Å²) in [6, 6.07) is 2.05. The Balaban J connectivity index is 2.16. The van der Waals surface area contributed by atoms with E-state index in [4.69, 9.17) is 0 Å². The number of aromatic nitrogens is 1. The van der Waals surface area contributed by atoms with Gasteiger partial charge in [-0.3, -0.25) is 9.78 Å². The van der Waals surface area contributed by atoms with Crippen molar-refractivity contribution in [2.45, 2.75) is 26.3 Å². The number of piperazine rings is 1. The fourth-order valence-corrected chi connectivity index (χ4v) is 2.58. The molecule has 1 saturated heterocycles. The van der Waals surface area contributed by atoms with Crippen molar-refractivity contribution in [2.24, 2.45) is 0 Å². The summed E-state index contributed by atoms with van der Waals surface area (Å²) in [5.41, 5.74) is 1.57. The highest BCUT2D eigenvalue weighted by Gasteiger charge is 2.27. The first-order valence-corrected chi connectivity index (χ1v) is 7.31. The summed E-state index contributed by atoms with van der Waals surface area (Å²) in [4.78, 5) is 21.1. The normalized spacial score (nSPS) is 19.9. The number of pyridine rings is 1. The van der Waals surface area contributed by atoms with Crippen LogP contribution in [0.5, 0.6) is 0 Å². The molecule has 1 aliphatic rings. The van der Waals surface area contributed by atoms with Crippen LogP contribution in [0.3, 0.4) is 0 Å². The maximum absolute atomic E-state index is 12.7. The molecule has 0 bridgehead atoms. The zero-order chi connectivity index (χ0) is 14.5. The van der Waals surface area contributed by atoms with Crippen LogP contribution in [0.25, 0.3) is 0 Å². The predicted octanol–water partition coefficient (Wildman–Crippen LogP) is 1.68. The average Bonchev–Trinajstić information content (AvgIpc) is 2.45. The van der Waals surface area contributed by atoms with Crippen LogP contribution in [0.4, 0.5) is 5.69 Å². The van der Waals surface area contributed by atoms with Crippen LogP contribution in [0.15, 0.2) is 18.5 Å². The van der Waals surface area contributed by atoms with Crippen molar-refractivity contribution in [3.8, 4) is 0 Å². The fraction of sp³-hybridized carbons (Fsp3) is 0.600. The van der Waals surface area contributed by atoms with E-state index in [1.165, 1.54) is 0 Å². The number of anilines is 1. The standard InChI is InChI=1S/C15H24N4O/c1-4-6-17-14-10-16-7-5-13(14)15(20)19-9-8-18(3)11-12(19)2/h5,7,10,12,17H,4,6,8-9,11H2,1-3H3. The van der Waals surface area contributed by atoms with Crippen LogP contribution in [-0.4, -0.2) is 60.0 Å². The smallest absolute Gasteiger partial charge is 0.256 e. The minimum absolute atomic E-state index is 0.103. The van der Waals surface area contributed by atoms with Crippen LogP contribution in [0.2, 0.25) is 0 Å². The second kappa shape index (κ2) is 6.70. The zero-order valence-electron chi connectivity index (χ0n) is 12.6. The SMILES string of the molecule is CCCNc1cnccc1C(=O)N1CCN(C)CC1C. The third-order valence-corrected chi connectivity index (χ3v) is 3.71. The van der Waals surface area contributed by atoms with Gasteiger partial charge in [-0.15, -0.1) is 0 Å². The molecule has 1 aromatic rings. The Bertz CT molecular complexity index is 463. The van der Waals surface area contributed by atoms with E-state index in [1.807, 2.05) is 11.0 Å². The summed E-state index contributed by atoms with van der Waals surface area (Å²) in [7, 11) is 2.10. The number of carbonyl (C=O) groups is 1. The highest BCUT2D eigenvalue weighted by Crippen LogP contribution is 2.19. The number of hydrogen-bond acceptors (Lipinski definition) is 4. The lowest BCUT2D eigenvalue weighted by Crippen LogP contribution is -2.52. The van der Waals surface area contributed by atoms with Gasteiger partial charge in [0.15, 0.2) is 0 Å². The Kier molecular flexibility index (Phi) is 4.95. The van der Waals surface area contributed by atoms with Gasteiger partial charge in [-0.05, 0) is 26.5 Å². The molecule has 1 fully saturated rings. The molecule has 2 rings (SSSR count). The number of carbonyl (C=O) groups excluding carboxylic acids is 1. The van der Waals surface area contributed by atoms with Gasteiger partial charge in [0.1, 0.15) is 0 Å². The molecule has 1 unspecified atom stereocenters. The second-order valence-corrected chi connectivity index (χ2v) is 5.46. The molecule has 1 aliphatic heterocycles. The quantitative estimate of drug-likeness (QED) is 0.909. The molecule has 110 valence electrons. The van der Waals surface area contributed by atoms with Gasteiger partial charge in [0.2, 0.25) is 0 Å². The molecule has 2 heterocycles. The molecule has 5 nitrogen and oxygen atoms in total. The van der Waals surface area contributed by atoms with Crippen molar-refractivity contribution in [2.75, 3.05) is 38.5 Å². The molecular formula is C15H24N4O. The van der Waals surface area contributed by atoms with E-state index in [1.54, 1.807) is 12.4 Å². The molecule has 0 spiro atoms. The maximum Gasteiger partial charge on any atom is 0.256 e. The Morgan fingerprint density at radius 2 is 2.30 bits per heavy atom. The molecule has 1 aromatic heterocycles. The molecule has 20 heavy (non-hydrogen) atoms. The average molecular weight is 276 g/mol. The van der Waals surface area contributed by atoms with E-state index in [-0.39, 0.29) is 11.9 Å². The van der Waals surface area contributed by atoms with Crippen molar-refractivity contribution < 1.29 is 4.79 Å². The summed E-state index contributed by atoms with van der Waals surface area (Å²) in [5, 5.41) is 3.29. The third-order valence-electron chi connectivity index (χ3n) is 3.71. The summed E-state index contributed by atoms with van der Waals surface area (Å²) in [6.07, 6.45) is 4.45. The fourth-order valence-electron chi connectivity index (χ4n) is 2.58. The van der Waals surface area contributed by atoms with Gasteiger partial charge in [-0.1, -0.05) is 6.92 Å². The second-order valence-electron chi connectivity index (χ2n) is 5.46. The highest BCUT2D eigenvalue weighted by molar-refractivity contribution is 5.99. The van der Waals surface area contributed by atoms with Crippen LogP contribution >= 0.6 is 0 Å². The molecular weight excluding hydrogens is 252 g/mol. The molecule has 0 aliphatic carbocycles. The van der Waals surface area contributed by atoms with Gasteiger partial charge in [-0.25, -0.2) is 0 Å². The van der Waals surface area contributed by atoms with Crippen LogP contribution in [0, 0.1) is 0 Å². The number of nitrogens with one attached hydrogen (secondary N) is 1. The summed E-state index contributed by atoms with van der Waals surface area (Å²) in [6.45, 7) is 7.70. The van der Waals surface area contributed by atoms with Gasteiger partial charge in [0.25, 0.3) is 5.91 Å². The minimum Gasteiger partial charge on any atom is -0.383 e. The Morgan fingerprint density at radius 1 is 1.50 bits per heavy atom. The van der Waals surface area contributed by atoms with Gasteiger partial charge in [0, 0.05) is 38.4 Å². The summed E-state index contributed by atoms with van der Waals surface area (Å²) in [5.74, 6) is 0.103. The van der Waals surface area contributed by atoms with E-state index in [0.29, 0.717) is 0 Å². The first-order valence-electron chi connectivity index (χ1n) is 7.31. The lowest BCUT2D eigenvalue weighted by atomic mass is 10.1. The van der Waals surface area contributed by atoms with Crippen molar-refractivity contribution in [1.82, 2.24) is 14.8 Å². The molecule has 0 aromatic carbocycles. The lowest BCUT2D eigenvalue weighted by molar-refractivity contribution is 0.0534. The van der Waals surface area contributed by atoms with Gasteiger partial charge in [-0.2, -0.15) is 0 Å². The van der Waals surface area contributed by atoms with Crippen molar-refractivity contribution in [3.05, 3.63) is 24.0 Å². The summed E-state index contributed by atoms with van der Waals surface area (Å²) >= 11 is 0. The summed E-state index contributed by atoms with van der Waals surface area (Å²) < 4.78 is 0.